The van der Waals surface area contributed by atoms with Crippen molar-refractivity contribution in [1.82, 2.24) is 34.7 Å². The summed E-state index contributed by atoms with van der Waals surface area (Å²) < 4.78 is 14.2. The van der Waals surface area contributed by atoms with E-state index in [4.69, 9.17) is 42.8 Å². The standard InChI is InChI=1S/C39H39Cl2N7O6/c1-46-32(16-42-25-14-39(15-25)20-54-21-39)45-48-18-23(13-31(48)37(46)50)26-5-3-6-27(34(26)40)28-7-4-8-29(35(28)41)30-11-9-22(36(44-30)53-2)17-47(38(51)52)19-24-10-12-33(49)43-24/h3-9,11,13,18,24-25,42H,10,12,14-17,19-21H2,1-2H3,(H,43,49)(H,51,52)/t24-/m0/s1. The number of carbonyl (C=O) groups is 2. The predicted octanol–water partition coefficient (Wildman–Crippen LogP) is 5.77. The lowest BCUT2D eigenvalue weighted by Gasteiger charge is -2.53. The first-order valence-electron chi connectivity index (χ1n) is 17.8. The number of hydrogen-bond acceptors (Lipinski definition) is 8. The smallest absolute Gasteiger partial charge is 0.407 e. The molecule has 0 unspecified atom stereocenters. The van der Waals surface area contributed by atoms with Gasteiger partial charge in [-0.05, 0) is 37.5 Å². The van der Waals surface area contributed by atoms with Crippen LogP contribution in [0.4, 0.5) is 4.79 Å². The minimum atomic E-state index is -1.11. The lowest BCUT2D eigenvalue weighted by Crippen LogP contribution is -2.58. The van der Waals surface area contributed by atoms with Gasteiger partial charge in [-0.2, -0.15) is 5.10 Å². The number of rotatable bonds is 11. The number of pyridine rings is 1. The number of aromatic nitrogens is 4. The minimum Gasteiger partial charge on any atom is -0.481 e. The van der Waals surface area contributed by atoms with Gasteiger partial charge in [0.2, 0.25) is 11.8 Å². The van der Waals surface area contributed by atoms with Crippen LogP contribution in [0, 0.1) is 5.41 Å². The molecule has 1 saturated carbocycles. The zero-order chi connectivity index (χ0) is 37.7. The zero-order valence-corrected chi connectivity index (χ0v) is 31.3. The van der Waals surface area contributed by atoms with Crippen molar-refractivity contribution < 1.29 is 24.2 Å². The van der Waals surface area contributed by atoms with E-state index in [2.05, 4.69) is 10.6 Å². The van der Waals surface area contributed by atoms with Crippen molar-refractivity contribution in [3.63, 3.8) is 0 Å². The van der Waals surface area contributed by atoms with E-state index < -0.39 is 6.09 Å². The Kier molecular flexibility index (Phi) is 9.59. The van der Waals surface area contributed by atoms with E-state index in [-0.39, 0.29) is 36.5 Å². The molecule has 5 heterocycles. The predicted molar refractivity (Wildman–Crippen MR) is 204 cm³/mol. The quantitative estimate of drug-likeness (QED) is 0.152. The molecular formula is C39H39Cl2N7O6. The molecule has 2 amide bonds. The van der Waals surface area contributed by atoms with Crippen LogP contribution in [-0.2, 0) is 29.7 Å². The number of carboxylic acid groups (broad SMARTS) is 1. The molecule has 2 aliphatic heterocycles. The van der Waals surface area contributed by atoms with E-state index in [9.17, 15) is 19.5 Å². The SMILES string of the molecule is COc1nc(-c2cccc(-c3cccc(-c4cc5c(=O)n(C)c(CNC6CC7(COC7)C6)nn5c4)c3Cl)c2Cl)ccc1CN(C[C@@H]1CCC(=O)N1)C(=O)O. The van der Waals surface area contributed by atoms with Crippen LogP contribution in [0.2, 0.25) is 10.0 Å². The van der Waals surface area contributed by atoms with Gasteiger partial charge in [0.25, 0.3) is 5.56 Å². The Hall–Kier alpha value is -4.95. The third kappa shape index (κ3) is 6.70. The van der Waals surface area contributed by atoms with Crippen LogP contribution in [0.5, 0.6) is 5.88 Å². The Balaban J connectivity index is 1.05. The molecule has 3 fully saturated rings. The lowest BCUT2D eigenvalue weighted by molar-refractivity contribution is -0.167. The van der Waals surface area contributed by atoms with Crippen molar-refractivity contribution in [3.8, 4) is 39.4 Å². The number of benzene rings is 2. The van der Waals surface area contributed by atoms with Crippen LogP contribution >= 0.6 is 23.2 Å². The summed E-state index contributed by atoms with van der Waals surface area (Å²) in [6, 6.07) is 16.7. The number of fused-ring (bicyclic) bond motifs is 1. The van der Waals surface area contributed by atoms with Crippen LogP contribution in [0.25, 0.3) is 39.0 Å². The van der Waals surface area contributed by atoms with Gasteiger partial charge in [-0.25, -0.2) is 14.3 Å². The number of carbonyl (C=O) groups excluding carboxylic acids is 1. The van der Waals surface area contributed by atoms with Crippen molar-refractivity contribution in [2.45, 2.75) is 50.9 Å². The van der Waals surface area contributed by atoms with Crippen LogP contribution in [0.1, 0.15) is 37.1 Å². The summed E-state index contributed by atoms with van der Waals surface area (Å²) in [5, 5.41) is 21.9. The summed E-state index contributed by atoms with van der Waals surface area (Å²) in [5.74, 6) is 0.819. The molecule has 2 saturated heterocycles. The summed E-state index contributed by atoms with van der Waals surface area (Å²) in [4.78, 5) is 43.2. The van der Waals surface area contributed by atoms with Gasteiger partial charge >= 0.3 is 6.09 Å². The monoisotopic (exact) mass is 771 g/mol. The fourth-order valence-electron chi connectivity index (χ4n) is 7.78. The van der Waals surface area contributed by atoms with Gasteiger partial charge in [-0.1, -0.05) is 59.6 Å². The van der Waals surface area contributed by atoms with Gasteiger partial charge in [0.15, 0.2) is 0 Å². The maximum Gasteiger partial charge on any atom is 0.407 e. The summed E-state index contributed by atoms with van der Waals surface area (Å²) in [6.07, 6.45) is 3.82. The first-order chi connectivity index (χ1) is 26.0. The highest BCUT2D eigenvalue weighted by atomic mass is 35.5. The molecule has 1 aliphatic carbocycles. The van der Waals surface area contributed by atoms with Gasteiger partial charge < -0.3 is 30.1 Å². The Morgan fingerprint density at radius 3 is 2.43 bits per heavy atom. The number of halogens is 2. The van der Waals surface area contributed by atoms with Gasteiger partial charge in [-0.3, -0.25) is 14.2 Å². The maximum absolute atomic E-state index is 13.5. The van der Waals surface area contributed by atoms with E-state index in [1.165, 1.54) is 12.0 Å². The molecule has 2 aromatic carbocycles. The van der Waals surface area contributed by atoms with Crippen molar-refractivity contribution in [3.05, 3.63) is 92.6 Å². The molecule has 280 valence electrons. The van der Waals surface area contributed by atoms with Gasteiger partial charge in [-0.15, -0.1) is 0 Å². The Labute approximate surface area is 320 Å². The second kappa shape index (κ2) is 14.4. The van der Waals surface area contributed by atoms with E-state index >= 15 is 0 Å². The number of ether oxygens (including phenoxy) is 2. The van der Waals surface area contributed by atoms with Gasteiger partial charge in [0.05, 0.1) is 49.2 Å². The molecule has 0 radical (unpaired) electrons. The molecule has 3 aliphatic rings. The molecular weight excluding hydrogens is 733 g/mol. The second-order valence-corrected chi connectivity index (χ2v) is 15.2. The maximum atomic E-state index is 13.5. The molecule has 0 bridgehead atoms. The third-order valence-corrected chi connectivity index (χ3v) is 11.6. The molecule has 5 aromatic rings. The Morgan fingerprint density at radius 2 is 1.78 bits per heavy atom. The molecule has 3 N–H and O–H groups in total. The third-order valence-electron chi connectivity index (χ3n) is 10.8. The fraction of sp³-hybridized carbons (Fsp3) is 0.359. The molecule has 3 aromatic heterocycles. The summed E-state index contributed by atoms with van der Waals surface area (Å²) in [7, 11) is 3.22. The highest BCUT2D eigenvalue weighted by Crippen LogP contribution is 2.47. The van der Waals surface area contributed by atoms with Crippen molar-refractivity contribution in [1.29, 1.82) is 0 Å². The summed E-state index contributed by atoms with van der Waals surface area (Å²) in [6.45, 7) is 2.34. The Morgan fingerprint density at radius 1 is 1.07 bits per heavy atom. The summed E-state index contributed by atoms with van der Waals surface area (Å²) >= 11 is 14.2. The largest absolute Gasteiger partial charge is 0.481 e. The number of nitrogens with zero attached hydrogens (tertiary/aromatic N) is 5. The average molecular weight is 773 g/mol. The number of hydrogen-bond donors (Lipinski definition) is 3. The molecule has 1 spiro atoms. The van der Waals surface area contributed by atoms with Crippen molar-refractivity contribution in [2.75, 3.05) is 26.9 Å². The van der Waals surface area contributed by atoms with Crippen LogP contribution in [-0.4, -0.2) is 80.1 Å². The fourth-order valence-corrected chi connectivity index (χ4v) is 8.44. The van der Waals surface area contributed by atoms with Crippen LogP contribution in [0.3, 0.4) is 0 Å². The number of nitrogens with one attached hydrogen (secondary N) is 2. The van der Waals surface area contributed by atoms with Gasteiger partial charge in [0.1, 0.15) is 11.3 Å². The van der Waals surface area contributed by atoms with E-state index in [0.29, 0.717) is 80.2 Å². The first-order valence-corrected chi connectivity index (χ1v) is 18.6. The van der Waals surface area contributed by atoms with E-state index in [0.717, 1.165) is 37.2 Å². The van der Waals surface area contributed by atoms with Crippen molar-refractivity contribution >= 4 is 40.7 Å². The first kappa shape index (κ1) is 36.0. The number of methoxy groups -OCH3 is 1. The van der Waals surface area contributed by atoms with Crippen LogP contribution in [0.15, 0.2) is 65.6 Å². The van der Waals surface area contributed by atoms with Crippen molar-refractivity contribution in [2.24, 2.45) is 12.5 Å². The van der Waals surface area contributed by atoms with Gasteiger partial charge in [0, 0.05) is 77.1 Å². The molecule has 54 heavy (non-hydrogen) atoms. The highest BCUT2D eigenvalue weighted by Gasteiger charge is 2.49. The molecule has 15 heteroatoms. The van der Waals surface area contributed by atoms with E-state index in [1.807, 2.05) is 42.6 Å². The summed E-state index contributed by atoms with van der Waals surface area (Å²) in [5.41, 5.74) is 5.18. The average Bonchev–Trinajstić information content (AvgIpc) is 3.74. The molecule has 1 atom stereocenters. The topological polar surface area (TPSA) is 152 Å². The minimum absolute atomic E-state index is 0.0282. The number of amides is 2. The molecule has 8 rings (SSSR count). The zero-order valence-electron chi connectivity index (χ0n) is 29.8. The normalized spacial score (nSPS) is 17.7. The highest BCUT2D eigenvalue weighted by molar-refractivity contribution is 6.39. The van der Waals surface area contributed by atoms with E-state index in [1.54, 1.807) is 34.3 Å². The van der Waals surface area contributed by atoms with Crippen LogP contribution < -0.4 is 20.9 Å². The Bertz CT molecular complexity index is 2350. The second-order valence-electron chi connectivity index (χ2n) is 14.5. The lowest BCUT2D eigenvalue weighted by atomic mass is 9.64. The molecule has 13 nitrogen and oxygen atoms in total.